The second-order valence-electron chi connectivity index (χ2n) is 3.35. The molecule has 0 bridgehead atoms. The van der Waals surface area contributed by atoms with Crippen LogP contribution < -0.4 is 0 Å². The molecule has 0 aliphatic carbocycles. The summed E-state index contributed by atoms with van der Waals surface area (Å²) in [6.45, 7) is 2.02. The lowest BCUT2D eigenvalue weighted by Crippen LogP contribution is -2.00. The van der Waals surface area contributed by atoms with Crippen LogP contribution in [0.4, 0.5) is 0 Å². The Balaban J connectivity index is 2.62. The van der Waals surface area contributed by atoms with Gasteiger partial charge in [-0.15, -0.1) is 0 Å². The Morgan fingerprint density at radius 3 is 2.87 bits per heavy atom. The summed E-state index contributed by atoms with van der Waals surface area (Å²) in [5, 5.41) is 1.06. The monoisotopic (exact) mass is 201 g/mol. The molecule has 0 saturated carbocycles. The van der Waals surface area contributed by atoms with Crippen LogP contribution in [0.3, 0.4) is 0 Å². The van der Waals surface area contributed by atoms with E-state index in [0.29, 0.717) is 5.56 Å². The second kappa shape index (κ2) is 3.69. The number of esters is 1. The standard InChI is InChI=1S/C12H11NO2/c1-8-5-6-13-11-7-9(12(14)15-2)3-4-10(8)11/h3-7H,1-2H3. The van der Waals surface area contributed by atoms with Crippen molar-refractivity contribution in [3.05, 3.63) is 41.6 Å². The van der Waals surface area contributed by atoms with Gasteiger partial charge in [0.25, 0.3) is 0 Å². The Hall–Kier alpha value is -1.90. The summed E-state index contributed by atoms with van der Waals surface area (Å²) in [6, 6.07) is 7.33. The fraction of sp³-hybridized carbons (Fsp3) is 0.167. The zero-order valence-corrected chi connectivity index (χ0v) is 8.65. The van der Waals surface area contributed by atoms with Gasteiger partial charge in [0.15, 0.2) is 0 Å². The predicted octanol–water partition coefficient (Wildman–Crippen LogP) is 2.33. The summed E-state index contributed by atoms with van der Waals surface area (Å²) in [6.07, 6.45) is 1.73. The van der Waals surface area contributed by atoms with Crippen LogP contribution in [0.1, 0.15) is 15.9 Å². The van der Waals surface area contributed by atoms with Crippen LogP contribution >= 0.6 is 0 Å². The number of aryl methyl sites for hydroxylation is 1. The first-order valence-electron chi connectivity index (χ1n) is 4.66. The minimum Gasteiger partial charge on any atom is -0.465 e. The first-order chi connectivity index (χ1) is 7.22. The van der Waals surface area contributed by atoms with E-state index in [2.05, 4.69) is 9.72 Å². The van der Waals surface area contributed by atoms with Crippen molar-refractivity contribution in [2.45, 2.75) is 6.92 Å². The van der Waals surface area contributed by atoms with Crippen molar-refractivity contribution in [2.24, 2.45) is 0 Å². The van der Waals surface area contributed by atoms with Crippen LogP contribution in [0.5, 0.6) is 0 Å². The van der Waals surface area contributed by atoms with Crippen LogP contribution in [0.15, 0.2) is 30.5 Å². The summed E-state index contributed by atoms with van der Waals surface area (Å²) >= 11 is 0. The minimum atomic E-state index is -0.333. The molecule has 0 unspecified atom stereocenters. The van der Waals surface area contributed by atoms with E-state index in [4.69, 9.17) is 0 Å². The summed E-state index contributed by atoms with van der Waals surface area (Å²) in [4.78, 5) is 15.5. The maximum Gasteiger partial charge on any atom is 0.337 e. The number of methoxy groups -OCH3 is 1. The zero-order valence-electron chi connectivity index (χ0n) is 8.65. The third kappa shape index (κ3) is 1.68. The van der Waals surface area contributed by atoms with Gasteiger partial charge in [-0.2, -0.15) is 0 Å². The van der Waals surface area contributed by atoms with Gasteiger partial charge >= 0.3 is 5.97 Å². The van der Waals surface area contributed by atoms with E-state index in [1.807, 2.05) is 19.1 Å². The van der Waals surface area contributed by atoms with E-state index in [9.17, 15) is 4.79 Å². The molecule has 0 amide bonds. The van der Waals surface area contributed by atoms with Crippen molar-refractivity contribution in [1.29, 1.82) is 0 Å². The quantitative estimate of drug-likeness (QED) is 0.665. The van der Waals surface area contributed by atoms with E-state index >= 15 is 0 Å². The number of nitrogens with zero attached hydrogens (tertiary/aromatic N) is 1. The molecule has 0 aliphatic rings. The minimum absolute atomic E-state index is 0.333. The van der Waals surface area contributed by atoms with Crippen molar-refractivity contribution in [2.75, 3.05) is 7.11 Å². The number of rotatable bonds is 1. The smallest absolute Gasteiger partial charge is 0.337 e. The maximum absolute atomic E-state index is 11.3. The topological polar surface area (TPSA) is 39.2 Å². The van der Waals surface area contributed by atoms with E-state index < -0.39 is 0 Å². The van der Waals surface area contributed by atoms with E-state index in [0.717, 1.165) is 16.5 Å². The Kier molecular flexibility index (Phi) is 2.37. The molecule has 0 atom stereocenters. The predicted molar refractivity (Wildman–Crippen MR) is 57.8 cm³/mol. The molecule has 0 spiro atoms. The van der Waals surface area contributed by atoms with Gasteiger partial charge in [0, 0.05) is 11.6 Å². The molecule has 0 N–H and O–H groups in total. The molecule has 0 radical (unpaired) electrons. The Bertz CT molecular complexity index is 520. The van der Waals surface area contributed by atoms with E-state index in [-0.39, 0.29) is 5.97 Å². The molecule has 3 nitrogen and oxygen atoms in total. The van der Waals surface area contributed by atoms with E-state index in [1.54, 1.807) is 18.3 Å². The highest BCUT2D eigenvalue weighted by molar-refractivity contribution is 5.94. The average molecular weight is 201 g/mol. The molecular weight excluding hydrogens is 190 g/mol. The largest absolute Gasteiger partial charge is 0.465 e. The Morgan fingerprint density at radius 1 is 1.33 bits per heavy atom. The number of hydrogen-bond acceptors (Lipinski definition) is 3. The molecule has 0 fully saturated rings. The highest BCUT2D eigenvalue weighted by Gasteiger charge is 2.06. The zero-order chi connectivity index (χ0) is 10.8. The van der Waals surface area contributed by atoms with Gasteiger partial charge in [0.05, 0.1) is 18.2 Å². The molecule has 3 heteroatoms. The lowest BCUT2D eigenvalue weighted by molar-refractivity contribution is 0.0601. The van der Waals surface area contributed by atoms with Crippen LogP contribution in [-0.4, -0.2) is 18.1 Å². The fourth-order valence-electron chi connectivity index (χ4n) is 1.54. The number of fused-ring (bicyclic) bond motifs is 1. The van der Waals surface area contributed by atoms with Gasteiger partial charge < -0.3 is 4.74 Å². The normalized spacial score (nSPS) is 10.3. The molecule has 1 aromatic carbocycles. The van der Waals surface area contributed by atoms with Gasteiger partial charge in [-0.25, -0.2) is 4.79 Å². The van der Waals surface area contributed by atoms with Crippen molar-refractivity contribution in [3.63, 3.8) is 0 Å². The van der Waals surface area contributed by atoms with Crippen molar-refractivity contribution in [1.82, 2.24) is 4.98 Å². The Labute approximate surface area is 87.7 Å². The van der Waals surface area contributed by atoms with Crippen molar-refractivity contribution in [3.8, 4) is 0 Å². The molecular formula is C12H11NO2. The number of benzene rings is 1. The third-order valence-corrected chi connectivity index (χ3v) is 2.38. The molecule has 15 heavy (non-hydrogen) atoms. The number of pyridine rings is 1. The van der Waals surface area contributed by atoms with Gasteiger partial charge in [0.2, 0.25) is 0 Å². The van der Waals surface area contributed by atoms with E-state index in [1.165, 1.54) is 7.11 Å². The molecule has 76 valence electrons. The van der Waals surface area contributed by atoms with Crippen LogP contribution in [-0.2, 0) is 4.74 Å². The third-order valence-electron chi connectivity index (χ3n) is 2.38. The maximum atomic E-state index is 11.3. The molecule has 1 heterocycles. The van der Waals surface area contributed by atoms with Crippen LogP contribution in [0.25, 0.3) is 10.9 Å². The first kappa shape index (κ1) is 9.65. The number of hydrogen-bond donors (Lipinski definition) is 0. The highest BCUT2D eigenvalue weighted by atomic mass is 16.5. The lowest BCUT2D eigenvalue weighted by atomic mass is 10.1. The molecule has 2 rings (SSSR count). The number of carbonyl (C=O) groups excluding carboxylic acids is 1. The lowest BCUT2D eigenvalue weighted by Gasteiger charge is -2.03. The SMILES string of the molecule is COC(=O)c1ccc2c(C)ccnc2c1. The van der Waals surface area contributed by atoms with Gasteiger partial charge in [-0.1, -0.05) is 6.07 Å². The van der Waals surface area contributed by atoms with Crippen molar-refractivity contribution >= 4 is 16.9 Å². The van der Waals surface area contributed by atoms with Crippen molar-refractivity contribution < 1.29 is 9.53 Å². The molecule has 0 saturated heterocycles. The summed E-state index contributed by atoms with van der Waals surface area (Å²) in [7, 11) is 1.37. The molecule has 1 aromatic heterocycles. The number of carbonyl (C=O) groups is 1. The summed E-state index contributed by atoms with van der Waals surface area (Å²) < 4.78 is 4.65. The Morgan fingerprint density at radius 2 is 2.13 bits per heavy atom. The number of aromatic nitrogens is 1. The summed E-state index contributed by atoms with van der Waals surface area (Å²) in [5.74, 6) is -0.333. The molecule has 0 aliphatic heterocycles. The fourth-order valence-corrected chi connectivity index (χ4v) is 1.54. The molecule has 2 aromatic rings. The summed E-state index contributed by atoms with van der Waals surface area (Å²) in [5.41, 5.74) is 2.50. The van der Waals surface area contributed by atoms with Crippen LogP contribution in [0.2, 0.25) is 0 Å². The average Bonchev–Trinajstić information content (AvgIpc) is 2.28. The second-order valence-corrected chi connectivity index (χ2v) is 3.35. The van der Waals surface area contributed by atoms with Crippen LogP contribution in [0, 0.1) is 6.92 Å². The number of ether oxygens (including phenoxy) is 1. The van der Waals surface area contributed by atoms with Gasteiger partial charge in [0.1, 0.15) is 0 Å². The highest BCUT2D eigenvalue weighted by Crippen LogP contribution is 2.17. The van der Waals surface area contributed by atoms with Gasteiger partial charge in [-0.05, 0) is 30.7 Å². The first-order valence-corrected chi connectivity index (χ1v) is 4.66. The van der Waals surface area contributed by atoms with Gasteiger partial charge in [-0.3, -0.25) is 4.98 Å².